The number of hydrogen-bond acceptors (Lipinski definition) is 9. The minimum atomic E-state index is -0.250. The lowest BCUT2D eigenvalue weighted by atomic mass is 9.80. The van der Waals surface area contributed by atoms with E-state index < -0.39 is 0 Å². The molecule has 0 bridgehead atoms. The highest BCUT2D eigenvalue weighted by atomic mass is 16.5. The molecular weight excluding hydrogens is 418 g/mol. The Kier molecular flexibility index (Phi) is 7.94. The fraction of sp³-hybridized carbons (Fsp3) is 0.650. The maximum Gasteiger partial charge on any atom is 0.290 e. The molecule has 2 aromatic rings. The second-order valence-electron chi connectivity index (χ2n) is 8.59. The predicted octanol–water partition coefficient (Wildman–Crippen LogP) is -0.364. The van der Waals surface area contributed by atoms with Gasteiger partial charge in [-0.1, -0.05) is 5.16 Å². The Morgan fingerprint density at radius 2 is 2.19 bits per heavy atom. The van der Waals surface area contributed by atoms with Gasteiger partial charge in [-0.25, -0.2) is 0 Å². The highest BCUT2D eigenvalue weighted by Gasteiger charge is 2.53. The van der Waals surface area contributed by atoms with Crippen LogP contribution in [0.4, 0.5) is 0 Å². The summed E-state index contributed by atoms with van der Waals surface area (Å²) in [5, 5.41) is 15.0. The predicted molar refractivity (Wildman–Crippen MR) is 112 cm³/mol. The third-order valence-corrected chi connectivity index (χ3v) is 5.81. The second kappa shape index (κ2) is 10.7. The zero-order valence-electron chi connectivity index (χ0n) is 18.8. The van der Waals surface area contributed by atoms with Crippen LogP contribution in [0.15, 0.2) is 23.0 Å². The van der Waals surface area contributed by atoms with E-state index in [1.165, 1.54) is 0 Å². The summed E-state index contributed by atoms with van der Waals surface area (Å²) in [6.45, 7) is 5.34. The van der Waals surface area contributed by atoms with Gasteiger partial charge in [-0.3, -0.25) is 19.2 Å². The van der Waals surface area contributed by atoms with E-state index in [1.54, 1.807) is 18.0 Å². The van der Waals surface area contributed by atoms with E-state index in [2.05, 4.69) is 39.1 Å². The first-order valence-corrected chi connectivity index (χ1v) is 10.4. The smallest absolute Gasteiger partial charge is 0.290 e. The molecule has 4 rings (SSSR count). The molecule has 0 spiro atoms. The molecule has 12 nitrogen and oxygen atoms in total. The molecule has 2 atom stereocenters. The van der Waals surface area contributed by atoms with Crippen LogP contribution in [-0.2, 0) is 34.0 Å². The quantitative estimate of drug-likeness (QED) is 0.533. The molecule has 1 N–H and O–H groups in total. The van der Waals surface area contributed by atoms with Crippen LogP contribution in [0.1, 0.15) is 11.7 Å². The van der Waals surface area contributed by atoms with Gasteiger partial charge in [0.05, 0.1) is 6.54 Å². The molecule has 0 unspecified atom stereocenters. The zero-order valence-corrected chi connectivity index (χ0v) is 18.8. The van der Waals surface area contributed by atoms with E-state index in [0.717, 1.165) is 32.7 Å². The molecule has 12 heteroatoms. The summed E-state index contributed by atoms with van der Waals surface area (Å²) < 4.78 is 12.1. The van der Waals surface area contributed by atoms with Crippen LogP contribution >= 0.6 is 0 Å². The second-order valence-corrected chi connectivity index (χ2v) is 8.59. The molecular formula is C20H31N7O5. The third-order valence-electron chi connectivity index (χ3n) is 5.81. The molecule has 4 heterocycles. The number of carbonyl (C=O) groups is 2. The number of carbonyl (C=O) groups excluding carboxylic acids is 1. The van der Waals surface area contributed by atoms with Gasteiger partial charge in [0.25, 0.3) is 6.47 Å². The Labute approximate surface area is 186 Å². The van der Waals surface area contributed by atoms with Crippen molar-refractivity contribution in [1.29, 1.82) is 0 Å². The van der Waals surface area contributed by atoms with Gasteiger partial charge in [0, 0.05) is 57.6 Å². The zero-order chi connectivity index (χ0) is 23.1. The molecule has 0 aliphatic carbocycles. The number of methoxy groups -OCH3 is 1. The van der Waals surface area contributed by atoms with E-state index in [1.807, 2.05) is 17.2 Å². The number of likely N-dealkylation sites (tertiary alicyclic amines) is 2. The first-order chi connectivity index (χ1) is 15.4. The Balaban J connectivity index is 0.000000913. The molecule has 1 amide bonds. The average Bonchev–Trinajstić information content (AvgIpc) is 3.47. The number of aromatic nitrogens is 4. The number of amides is 1. The average molecular weight is 450 g/mol. The molecule has 0 saturated carbocycles. The van der Waals surface area contributed by atoms with Gasteiger partial charge >= 0.3 is 0 Å². The van der Waals surface area contributed by atoms with Crippen molar-refractivity contribution >= 4 is 12.4 Å². The van der Waals surface area contributed by atoms with Crippen molar-refractivity contribution in [3.63, 3.8) is 0 Å². The van der Waals surface area contributed by atoms with Crippen LogP contribution in [0.5, 0.6) is 0 Å². The van der Waals surface area contributed by atoms with Crippen molar-refractivity contribution in [1.82, 2.24) is 34.6 Å². The molecule has 32 heavy (non-hydrogen) atoms. The molecule has 0 aromatic carbocycles. The van der Waals surface area contributed by atoms with Gasteiger partial charge in [-0.2, -0.15) is 10.1 Å². The minimum Gasteiger partial charge on any atom is -0.483 e. The summed E-state index contributed by atoms with van der Waals surface area (Å²) in [7, 11) is 5.80. The van der Waals surface area contributed by atoms with Gasteiger partial charge in [-0.15, -0.1) is 0 Å². The van der Waals surface area contributed by atoms with Gasteiger partial charge in [0.2, 0.25) is 11.8 Å². The summed E-state index contributed by atoms with van der Waals surface area (Å²) in [5.41, 5.74) is 0.0542. The standard InChI is InChI=1S/C19H29N7O3.CH2O2/c1-23(2)12-19-13-24(9-17-21-16(11-28-3)22-29-17)7-15(19)8-25(14-19)18(27)10-26-6-4-5-20-26;2-1-3/h4-6,15H,7-14H2,1-3H3;1H,(H,2,3)/t15-,19+;/m0./s1. The summed E-state index contributed by atoms with van der Waals surface area (Å²) in [4.78, 5) is 32.2. The third kappa shape index (κ3) is 5.69. The SMILES string of the molecule is COCc1noc(CN2C[C@H]3CN(C(=O)Cn4cccn4)C[C@@]3(CN(C)C)C2)n1.O=CO. The van der Waals surface area contributed by atoms with Crippen LogP contribution < -0.4 is 0 Å². The molecule has 176 valence electrons. The van der Waals surface area contributed by atoms with Crippen molar-refractivity contribution in [3.05, 3.63) is 30.2 Å². The molecule has 0 radical (unpaired) electrons. The van der Waals surface area contributed by atoms with Crippen molar-refractivity contribution in [2.75, 3.05) is 53.9 Å². The summed E-state index contributed by atoms with van der Waals surface area (Å²) in [6.07, 6.45) is 3.53. The van der Waals surface area contributed by atoms with Gasteiger partial charge in [-0.05, 0) is 26.1 Å². The van der Waals surface area contributed by atoms with Crippen LogP contribution in [0.25, 0.3) is 0 Å². The number of ether oxygens (including phenoxy) is 1. The maximum absolute atomic E-state index is 12.8. The normalized spacial score (nSPS) is 22.6. The summed E-state index contributed by atoms with van der Waals surface area (Å²) in [6, 6.07) is 1.84. The van der Waals surface area contributed by atoms with Gasteiger partial charge < -0.3 is 24.2 Å². The van der Waals surface area contributed by atoms with E-state index in [-0.39, 0.29) is 17.8 Å². The van der Waals surface area contributed by atoms with Gasteiger partial charge in [0.15, 0.2) is 5.82 Å². The molecule has 2 aliphatic rings. The summed E-state index contributed by atoms with van der Waals surface area (Å²) in [5.74, 6) is 1.74. The Hall–Kier alpha value is -2.83. The topological polar surface area (TPSA) is 130 Å². The molecule has 2 aromatic heterocycles. The largest absolute Gasteiger partial charge is 0.483 e. The van der Waals surface area contributed by atoms with Crippen molar-refractivity contribution in [2.45, 2.75) is 19.7 Å². The van der Waals surface area contributed by atoms with Crippen LogP contribution in [0.2, 0.25) is 0 Å². The minimum absolute atomic E-state index is 0.0542. The van der Waals surface area contributed by atoms with Crippen molar-refractivity contribution < 1.29 is 24.0 Å². The monoisotopic (exact) mass is 449 g/mol. The van der Waals surface area contributed by atoms with Crippen LogP contribution in [-0.4, -0.2) is 106 Å². The molecule has 2 fully saturated rings. The maximum atomic E-state index is 12.8. The number of rotatable bonds is 8. The van der Waals surface area contributed by atoms with E-state index in [9.17, 15) is 4.79 Å². The van der Waals surface area contributed by atoms with E-state index in [4.69, 9.17) is 19.2 Å². The van der Waals surface area contributed by atoms with E-state index in [0.29, 0.717) is 37.3 Å². The van der Waals surface area contributed by atoms with E-state index >= 15 is 0 Å². The first-order valence-electron chi connectivity index (χ1n) is 10.4. The lowest BCUT2D eigenvalue weighted by molar-refractivity contribution is -0.131. The highest BCUT2D eigenvalue weighted by molar-refractivity contribution is 5.76. The first kappa shape index (κ1) is 23.8. The molecule has 2 saturated heterocycles. The number of carboxylic acid groups (broad SMARTS) is 1. The number of fused-ring (bicyclic) bond motifs is 1. The number of hydrogen-bond donors (Lipinski definition) is 1. The van der Waals surface area contributed by atoms with Crippen molar-refractivity contribution in [3.8, 4) is 0 Å². The Morgan fingerprint density at radius 3 is 2.84 bits per heavy atom. The Morgan fingerprint density at radius 1 is 1.41 bits per heavy atom. The van der Waals surface area contributed by atoms with Crippen LogP contribution in [0.3, 0.4) is 0 Å². The fourth-order valence-electron chi connectivity index (χ4n) is 4.82. The molecule has 2 aliphatic heterocycles. The summed E-state index contributed by atoms with van der Waals surface area (Å²) >= 11 is 0. The van der Waals surface area contributed by atoms with Gasteiger partial charge in [0.1, 0.15) is 13.2 Å². The highest BCUT2D eigenvalue weighted by Crippen LogP contribution is 2.43. The van der Waals surface area contributed by atoms with Crippen molar-refractivity contribution in [2.24, 2.45) is 11.3 Å². The number of nitrogens with zero attached hydrogens (tertiary/aromatic N) is 7. The van der Waals surface area contributed by atoms with Crippen LogP contribution in [0, 0.1) is 11.3 Å². The lowest BCUT2D eigenvalue weighted by Gasteiger charge is -2.32. The Bertz CT molecular complexity index is 872. The fourth-order valence-corrected chi connectivity index (χ4v) is 4.82. The lowest BCUT2D eigenvalue weighted by Crippen LogP contribution is -2.43.